The normalized spacial score (nSPS) is 19.9. The van der Waals surface area contributed by atoms with Crippen LogP contribution in [0, 0.1) is 13.8 Å². The quantitative estimate of drug-likeness (QED) is 0.780. The van der Waals surface area contributed by atoms with Crippen LogP contribution in [-0.4, -0.2) is 12.6 Å². The molecule has 100 valence electrons. The van der Waals surface area contributed by atoms with Crippen molar-refractivity contribution in [3.63, 3.8) is 0 Å². The molecular weight excluding hydrogens is 248 g/mol. The monoisotopic (exact) mass is 264 g/mol. The molecule has 1 aliphatic rings. The fourth-order valence-electron chi connectivity index (χ4n) is 3.35. The van der Waals surface area contributed by atoms with Crippen molar-refractivity contribution >= 4 is 12.6 Å². The van der Waals surface area contributed by atoms with Crippen molar-refractivity contribution < 1.29 is 9.59 Å². The first kappa shape index (κ1) is 12.8. The van der Waals surface area contributed by atoms with Gasteiger partial charge in [0, 0.05) is 0 Å². The molecule has 2 atom stereocenters. The van der Waals surface area contributed by atoms with E-state index in [2.05, 4.69) is 0 Å². The van der Waals surface area contributed by atoms with Crippen LogP contribution in [0.1, 0.15) is 45.2 Å². The molecule has 0 radical (unpaired) electrons. The molecule has 0 bridgehead atoms. The van der Waals surface area contributed by atoms with Crippen LogP contribution < -0.4 is 0 Å². The zero-order valence-electron chi connectivity index (χ0n) is 11.6. The highest BCUT2D eigenvalue weighted by atomic mass is 16.1. The molecule has 3 rings (SSSR count). The Morgan fingerprint density at radius 3 is 1.50 bits per heavy atom. The summed E-state index contributed by atoms with van der Waals surface area (Å²) < 4.78 is 0. The van der Waals surface area contributed by atoms with Crippen molar-refractivity contribution in [2.75, 3.05) is 0 Å². The van der Waals surface area contributed by atoms with Crippen LogP contribution in [0.3, 0.4) is 0 Å². The zero-order chi connectivity index (χ0) is 14.3. The average Bonchev–Trinajstić information content (AvgIpc) is 2.48. The molecule has 2 aromatic rings. The van der Waals surface area contributed by atoms with Crippen LogP contribution in [0.4, 0.5) is 0 Å². The summed E-state index contributed by atoms with van der Waals surface area (Å²) in [6, 6.07) is 11.8. The first-order valence-electron chi connectivity index (χ1n) is 6.78. The van der Waals surface area contributed by atoms with Crippen molar-refractivity contribution in [3.8, 4) is 0 Å². The molecule has 2 nitrogen and oxygen atoms in total. The van der Waals surface area contributed by atoms with Crippen LogP contribution in [-0.2, 0) is 9.59 Å². The number of hydrogen-bond acceptors (Lipinski definition) is 2. The fraction of sp³-hybridized carbons (Fsp3) is 0.222. The molecule has 2 heteroatoms. The van der Waals surface area contributed by atoms with Crippen molar-refractivity contribution in [1.29, 1.82) is 0 Å². The Hall–Kier alpha value is -2.22. The van der Waals surface area contributed by atoms with Crippen molar-refractivity contribution in [2.24, 2.45) is 0 Å². The first-order valence-corrected chi connectivity index (χ1v) is 6.78. The number of carbonyl (C=O) groups is 2. The summed E-state index contributed by atoms with van der Waals surface area (Å²) in [6.07, 6.45) is 1.98. The summed E-state index contributed by atoms with van der Waals surface area (Å²) in [5.41, 5.74) is 6.08. The molecule has 2 aromatic carbocycles. The van der Waals surface area contributed by atoms with Gasteiger partial charge in [0.05, 0.1) is 11.8 Å². The van der Waals surface area contributed by atoms with E-state index < -0.39 is 0 Å². The highest BCUT2D eigenvalue weighted by Crippen LogP contribution is 2.44. The summed E-state index contributed by atoms with van der Waals surface area (Å²) in [4.78, 5) is 23.3. The average molecular weight is 264 g/mol. The van der Waals surface area contributed by atoms with Crippen LogP contribution in [0.5, 0.6) is 0 Å². The van der Waals surface area contributed by atoms with E-state index in [0.717, 1.165) is 46.0 Å². The minimum Gasteiger partial charge on any atom is -0.302 e. The molecular formula is C18H16O2. The number of rotatable bonds is 2. The lowest BCUT2D eigenvalue weighted by molar-refractivity contribution is -0.109. The summed E-state index contributed by atoms with van der Waals surface area (Å²) in [5.74, 6) is -0.533. The van der Waals surface area contributed by atoms with E-state index in [1.54, 1.807) is 0 Å². The zero-order valence-corrected chi connectivity index (χ0v) is 11.6. The van der Waals surface area contributed by atoms with E-state index in [9.17, 15) is 9.59 Å². The van der Waals surface area contributed by atoms with Gasteiger partial charge in [0.2, 0.25) is 0 Å². The number of benzene rings is 2. The van der Waals surface area contributed by atoms with Gasteiger partial charge in [0.25, 0.3) is 0 Å². The molecule has 0 fully saturated rings. The summed E-state index contributed by atoms with van der Waals surface area (Å²) in [5, 5.41) is 0. The molecule has 0 aliphatic heterocycles. The number of hydrogen-bond donors (Lipinski definition) is 0. The maximum absolute atomic E-state index is 11.7. The predicted octanol–water partition coefficient (Wildman–Crippen LogP) is 3.28. The fourth-order valence-corrected chi connectivity index (χ4v) is 3.35. The molecule has 0 spiro atoms. The van der Waals surface area contributed by atoms with Crippen molar-refractivity contribution in [1.82, 2.24) is 0 Å². The number of carbonyl (C=O) groups excluding carboxylic acids is 2. The Balaban J connectivity index is 2.40. The van der Waals surface area contributed by atoms with E-state index in [4.69, 9.17) is 0 Å². The van der Waals surface area contributed by atoms with Gasteiger partial charge in [0.15, 0.2) is 0 Å². The Morgan fingerprint density at radius 1 is 0.750 bits per heavy atom. The van der Waals surface area contributed by atoms with Gasteiger partial charge in [-0.3, -0.25) is 0 Å². The molecule has 0 heterocycles. The summed E-state index contributed by atoms with van der Waals surface area (Å²) >= 11 is 0. The van der Waals surface area contributed by atoms with Gasteiger partial charge in [-0.2, -0.15) is 0 Å². The van der Waals surface area contributed by atoms with E-state index in [0.29, 0.717) is 0 Å². The third kappa shape index (κ3) is 1.64. The van der Waals surface area contributed by atoms with E-state index in [1.165, 1.54) is 0 Å². The maximum atomic E-state index is 11.7. The van der Waals surface area contributed by atoms with Crippen molar-refractivity contribution in [2.45, 2.75) is 25.7 Å². The molecule has 0 saturated carbocycles. The second-order valence-corrected chi connectivity index (χ2v) is 5.38. The van der Waals surface area contributed by atoms with E-state index in [-0.39, 0.29) is 11.8 Å². The molecule has 0 N–H and O–H groups in total. The lowest BCUT2D eigenvalue weighted by Crippen LogP contribution is -2.22. The number of aryl methyl sites for hydroxylation is 2. The van der Waals surface area contributed by atoms with Gasteiger partial charge in [0.1, 0.15) is 12.6 Å². The molecule has 0 aromatic heterocycles. The standard InChI is InChI=1S/C18H16O2/c1-11-7-8-12(2)18-16(10-20)14-6-4-3-5-13(14)15(9-19)17(11)18/h3-10,15-16H,1-2H3/t15-,16+. The van der Waals surface area contributed by atoms with Crippen LogP contribution in [0.25, 0.3) is 0 Å². The highest BCUT2D eigenvalue weighted by Gasteiger charge is 2.33. The Labute approximate surface area is 118 Å². The van der Waals surface area contributed by atoms with Gasteiger partial charge in [-0.25, -0.2) is 0 Å². The van der Waals surface area contributed by atoms with Gasteiger partial charge in [-0.1, -0.05) is 36.4 Å². The van der Waals surface area contributed by atoms with Crippen molar-refractivity contribution in [3.05, 3.63) is 69.8 Å². The predicted molar refractivity (Wildman–Crippen MR) is 78.2 cm³/mol. The van der Waals surface area contributed by atoms with Gasteiger partial charge in [-0.15, -0.1) is 0 Å². The first-order chi connectivity index (χ1) is 9.69. The van der Waals surface area contributed by atoms with Crippen LogP contribution >= 0.6 is 0 Å². The lowest BCUT2D eigenvalue weighted by Gasteiger charge is -2.31. The maximum Gasteiger partial charge on any atom is 0.131 e. The van der Waals surface area contributed by atoms with Gasteiger partial charge in [-0.05, 0) is 47.2 Å². The second-order valence-electron chi connectivity index (χ2n) is 5.38. The topological polar surface area (TPSA) is 34.1 Å². The SMILES string of the molecule is Cc1ccc(C)c2c1[C@H](C=O)c1ccccc1[C@@H]2C=O. The second kappa shape index (κ2) is 4.71. The van der Waals surface area contributed by atoms with E-state index in [1.807, 2.05) is 50.2 Å². The van der Waals surface area contributed by atoms with Crippen LogP contribution in [0.15, 0.2) is 36.4 Å². The summed E-state index contributed by atoms with van der Waals surface area (Å²) in [7, 11) is 0. The number of fused-ring (bicyclic) bond motifs is 2. The molecule has 20 heavy (non-hydrogen) atoms. The molecule has 1 aliphatic carbocycles. The smallest absolute Gasteiger partial charge is 0.131 e. The van der Waals surface area contributed by atoms with Crippen LogP contribution in [0.2, 0.25) is 0 Å². The third-order valence-corrected chi connectivity index (χ3v) is 4.28. The Morgan fingerprint density at radius 2 is 1.15 bits per heavy atom. The largest absolute Gasteiger partial charge is 0.302 e. The number of aldehydes is 2. The van der Waals surface area contributed by atoms with E-state index >= 15 is 0 Å². The highest BCUT2D eigenvalue weighted by molar-refractivity contribution is 5.81. The lowest BCUT2D eigenvalue weighted by atomic mass is 9.70. The Bertz CT molecular complexity index is 641. The minimum absolute atomic E-state index is 0.266. The molecule has 0 amide bonds. The molecule has 0 saturated heterocycles. The third-order valence-electron chi connectivity index (χ3n) is 4.28. The van der Waals surface area contributed by atoms with Gasteiger partial charge < -0.3 is 9.59 Å². The molecule has 0 unspecified atom stereocenters. The van der Waals surface area contributed by atoms with Gasteiger partial charge >= 0.3 is 0 Å². The Kier molecular flexibility index (Phi) is 3.01. The minimum atomic E-state index is -0.266. The summed E-state index contributed by atoms with van der Waals surface area (Å²) in [6.45, 7) is 4.01.